The maximum atomic E-state index is 12.8. The van der Waals surface area contributed by atoms with Crippen LogP contribution in [0.1, 0.15) is 31.2 Å². The van der Waals surface area contributed by atoms with E-state index in [9.17, 15) is 13.2 Å². The molecular weight excluding hydrogens is 314 g/mol. The fourth-order valence-electron chi connectivity index (χ4n) is 2.64. The van der Waals surface area contributed by atoms with Crippen molar-refractivity contribution in [2.75, 3.05) is 6.54 Å². The molecule has 0 radical (unpaired) electrons. The highest BCUT2D eigenvalue weighted by Crippen LogP contribution is 2.31. The van der Waals surface area contributed by atoms with Gasteiger partial charge >= 0.3 is 5.97 Å². The number of rotatable bonds is 4. The van der Waals surface area contributed by atoms with E-state index in [1.807, 2.05) is 6.92 Å². The lowest BCUT2D eigenvalue weighted by Crippen LogP contribution is -2.44. The predicted octanol–water partition coefficient (Wildman–Crippen LogP) is 2.67. The first-order valence-electron chi connectivity index (χ1n) is 6.82. The van der Waals surface area contributed by atoms with Gasteiger partial charge in [0.2, 0.25) is 10.0 Å². The Kier molecular flexibility index (Phi) is 4.91. The second-order valence-corrected chi connectivity index (χ2v) is 7.56. The molecule has 1 fully saturated rings. The van der Waals surface area contributed by atoms with Crippen LogP contribution in [0.25, 0.3) is 0 Å². The number of piperidine rings is 1. The van der Waals surface area contributed by atoms with Gasteiger partial charge < -0.3 is 5.11 Å². The Morgan fingerprint density at radius 2 is 2.14 bits per heavy atom. The molecule has 5 nitrogen and oxygen atoms in total. The summed E-state index contributed by atoms with van der Waals surface area (Å²) in [7, 11) is -3.77. The van der Waals surface area contributed by atoms with Gasteiger partial charge in [0, 0.05) is 12.6 Å². The molecule has 1 saturated heterocycles. The van der Waals surface area contributed by atoms with E-state index in [1.165, 1.54) is 10.4 Å². The number of sulfonamides is 1. The Hall–Kier alpha value is -1.11. The van der Waals surface area contributed by atoms with Gasteiger partial charge in [-0.15, -0.1) is 0 Å². The van der Waals surface area contributed by atoms with Gasteiger partial charge in [0.05, 0.1) is 11.4 Å². The van der Waals surface area contributed by atoms with Gasteiger partial charge in [0.15, 0.2) is 0 Å². The van der Waals surface area contributed by atoms with Crippen LogP contribution in [-0.2, 0) is 14.8 Å². The van der Waals surface area contributed by atoms with Crippen molar-refractivity contribution in [2.45, 2.75) is 43.5 Å². The van der Waals surface area contributed by atoms with Gasteiger partial charge in [-0.2, -0.15) is 4.31 Å². The Balaban J connectivity index is 2.38. The predicted molar refractivity (Wildman–Crippen MR) is 80.0 cm³/mol. The molecular formula is C14H18ClNO4S. The zero-order chi connectivity index (χ0) is 15.6. The second-order valence-electron chi connectivity index (χ2n) is 5.30. The minimum Gasteiger partial charge on any atom is -0.481 e. The summed E-state index contributed by atoms with van der Waals surface area (Å²) in [5, 5.41) is 9.14. The van der Waals surface area contributed by atoms with Crippen LogP contribution in [0.2, 0.25) is 5.02 Å². The summed E-state index contributed by atoms with van der Waals surface area (Å²) in [4.78, 5) is 11.0. The third-order valence-electron chi connectivity index (χ3n) is 3.66. The zero-order valence-electron chi connectivity index (χ0n) is 11.8. The van der Waals surface area contributed by atoms with E-state index < -0.39 is 22.0 Å². The molecule has 0 aliphatic carbocycles. The number of aryl methyl sites for hydroxylation is 1. The van der Waals surface area contributed by atoms with Crippen molar-refractivity contribution in [3.05, 3.63) is 28.8 Å². The summed E-state index contributed by atoms with van der Waals surface area (Å²) in [6.45, 7) is 2.17. The maximum absolute atomic E-state index is 12.8. The Morgan fingerprint density at radius 3 is 2.76 bits per heavy atom. The molecule has 1 aromatic carbocycles. The van der Waals surface area contributed by atoms with E-state index in [1.54, 1.807) is 12.1 Å². The standard InChI is InChI=1S/C14H18ClNO4S/c1-10-5-6-13(12(15)8-10)21(19,20)16-7-3-2-4-11(16)9-14(17)18/h5-6,8,11H,2-4,7,9H2,1H3,(H,17,18). The molecule has 0 saturated carbocycles. The van der Waals surface area contributed by atoms with E-state index >= 15 is 0 Å². The summed E-state index contributed by atoms with van der Waals surface area (Å²) in [6.07, 6.45) is 1.96. The average molecular weight is 332 g/mol. The number of benzene rings is 1. The molecule has 7 heteroatoms. The summed E-state index contributed by atoms with van der Waals surface area (Å²) in [5.41, 5.74) is 0.875. The van der Waals surface area contributed by atoms with Crippen molar-refractivity contribution in [3.8, 4) is 0 Å². The molecule has 0 bridgehead atoms. The molecule has 21 heavy (non-hydrogen) atoms. The van der Waals surface area contributed by atoms with Crippen LogP contribution in [0.3, 0.4) is 0 Å². The van der Waals surface area contributed by atoms with Gasteiger partial charge in [-0.25, -0.2) is 8.42 Å². The molecule has 1 atom stereocenters. The number of carboxylic acid groups (broad SMARTS) is 1. The van der Waals surface area contributed by atoms with Crippen LogP contribution >= 0.6 is 11.6 Å². The number of hydrogen-bond donors (Lipinski definition) is 1. The summed E-state index contributed by atoms with van der Waals surface area (Å²) < 4.78 is 26.8. The number of carbonyl (C=O) groups is 1. The minimum atomic E-state index is -3.77. The largest absolute Gasteiger partial charge is 0.481 e. The smallest absolute Gasteiger partial charge is 0.304 e. The van der Waals surface area contributed by atoms with Gasteiger partial charge in [-0.05, 0) is 37.5 Å². The van der Waals surface area contributed by atoms with Gasteiger partial charge in [-0.3, -0.25) is 4.79 Å². The molecule has 116 valence electrons. The van der Waals surface area contributed by atoms with E-state index in [0.717, 1.165) is 18.4 Å². The third-order valence-corrected chi connectivity index (χ3v) is 6.09. The van der Waals surface area contributed by atoms with Crippen molar-refractivity contribution in [1.82, 2.24) is 4.31 Å². The summed E-state index contributed by atoms with van der Waals surface area (Å²) >= 11 is 6.06. The molecule has 1 aromatic rings. The van der Waals surface area contributed by atoms with Crippen LogP contribution in [0.5, 0.6) is 0 Å². The molecule has 1 aliphatic heterocycles. The molecule has 2 rings (SSSR count). The van der Waals surface area contributed by atoms with Crippen molar-refractivity contribution in [3.63, 3.8) is 0 Å². The fourth-order valence-corrected chi connectivity index (χ4v) is 4.90. The lowest BCUT2D eigenvalue weighted by molar-refractivity contribution is -0.138. The molecule has 1 unspecified atom stereocenters. The van der Waals surface area contributed by atoms with Crippen LogP contribution in [0.15, 0.2) is 23.1 Å². The maximum Gasteiger partial charge on any atom is 0.304 e. The number of nitrogens with zero attached hydrogens (tertiary/aromatic N) is 1. The minimum absolute atomic E-state index is 0.0482. The zero-order valence-corrected chi connectivity index (χ0v) is 13.3. The SMILES string of the molecule is Cc1ccc(S(=O)(=O)N2CCCCC2CC(=O)O)c(Cl)c1. The normalized spacial score (nSPS) is 20.4. The summed E-state index contributed by atoms with van der Waals surface area (Å²) in [5.74, 6) is -0.989. The van der Waals surface area contributed by atoms with Crippen LogP contribution < -0.4 is 0 Å². The van der Waals surface area contributed by atoms with E-state index in [2.05, 4.69) is 0 Å². The first-order valence-corrected chi connectivity index (χ1v) is 8.64. The molecule has 0 aromatic heterocycles. The van der Waals surface area contributed by atoms with E-state index in [0.29, 0.717) is 13.0 Å². The molecule has 1 N–H and O–H groups in total. The van der Waals surface area contributed by atoms with E-state index in [-0.39, 0.29) is 16.3 Å². The lowest BCUT2D eigenvalue weighted by Gasteiger charge is -2.34. The highest BCUT2D eigenvalue weighted by Gasteiger charge is 2.35. The van der Waals surface area contributed by atoms with Gasteiger partial charge in [0.25, 0.3) is 0 Å². The number of carboxylic acids is 1. The monoisotopic (exact) mass is 331 g/mol. The first-order chi connectivity index (χ1) is 9.82. The number of hydrogen-bond acceptors (Lipinski definition) is 3. The summed E-state index contributed by atoms with van der Waals surface area (Å²) in [6, 6.07) is 4.28. The average Bonchev–Trinajstić information content (AvgIpc) is 2.37. The van der Waals surface area contributed by atoms with Gasteiger partial charge in [-0.1, -0.05) is 24.1 Å². The lowest BCUT2D eigenvalue weighted by atomic mass is 10.0. The van der Waals surface area contributed by atoms with E-state index in [4.69, 9.17) is 16.7 Å². The first kappa shape index (κ1) is 16.3. The molecule has 0 amide bonds. The van der Waals surface area contributed by atoms with Crippen LogP contribution in [-0.4, -0.2) is 36.4 Å². The van der Waals surface area contributed by atoms with Crippen molar-refractivity contribution in [2.24, 2.45) is 0 Å². The number of aliphatic carboxylic acids is 1. The van der Waals surface area contributed by atoms with Crippen LogP contribution in [0, 0.1) is 6.92 Å². The highest BCUT2D eigenvalue weighted by atomic mass is 35.5. The highest BCUT2D eigenvalue weighted by molar-refractivity contribution is 7.89. The Labute approximate surface area is 129 Å². The third kappa shape index (κ3) is 3.56. The van der Waals surface area contributed by atoms with Crippen LogP contribution in [0.4, 0.5) is 0 Å². The quantitative estimate of drug-likeness (QED) is 0.920. The van der Waals surface area contributed by atoms with Crippen molar-refractivity contribution < 1.29 is 18.3 Å². The topological polar surface area (TPSA) is 74.7 Å². The van der Waals surface area contributed by atoms with Crippen molar-refractivity contribution >= 4 is 27.6 Å². The Bertz CT molecular complexity index is 644. The second kappa shape index (κ2) is 6.34. The van der Waals surface area contributed by atoms with Crippen molar-refractivity contribution in [1.29, 1.82) is 0 Å². The Morgan fingerprint density at radius 1 is 1.43 bits per heavy atom. The fraction of sp³-hybridized carbons (Fsp3) is 0.500. The number of halogens is 1. The molecule has 1 aliphatic rings. The molecule has 0 spiro atoms. The van der Waals surface area contributed by atoms with Gasteiger partial charge in [0.1, 0.15) is 4.90 Å². The molecule has 1 heterocycles.